The van der Waals surface area contributed by atoms with Crippen molar-refractivity contribution < 1.29 is 4.79 Å². The van der Waals surface area contributed by atoms with E-state index in [1.807, 2.05) is 82.3 Å². The number of hydrogen-bond acceptors (Lipinski definition) is 1. The Kier molecular flexibility index (Phi) is 5.24. The number of carbonyl (C=O) groups is 1. The van der Waals surface area contributed by atoms with Gasteiger partial charge >= 0.3 is 0 Å². The molecule has 23 heavy (non-hydrogen) atoms. The van der Waals surface area contributed by atoms with Crippen LogP contribution in [0.3, 0.4) is 0 Å². The molecule has 0 aliphatic rings. The van der Waals surface area contributed by atoms with E-state index in [9.17, 15) is 4.79 Å². The summed E-state index contributed by atoms with van der Waals surface area (Å²) in [4.78, 5) is 12.7. The molecule has 0 aliphatic heterocycles. The minimum atomic E-state index is -0.477. The summed E-state index contributed by atoms with van der Waals surface area (Å²) in [5, 5.41) is 3.03. The molecule has 1 amide bonds. The predicted molar refractivity (Wildman–Crippen MR) is 95.1 cm³/mol. The van der Waals surface area contributed by atoms with Gasteiger partial charge < -0.3 is 5.32 Å². The summed E-state index contributed by atoms with van der Waals surface area (Å²) in [5.41, 5.74) is 2.71. The lowest BCUT2D eigenvalue weighted by molar-refractivity contribution is -0.122. The third-order valence-electron chi connectivity index (χ3n) is 3.31. The van der Waals surface area contributed by atoms with Gasteiger partial charge in [-0.1, -0.05) is 59.9 Å². The topological polar surface area (TPSA) is 29.1 Å². The second kappa shape index (κ2) is 7.15. The van der Waals surface area contributed by atoms with Gasteiger partial charge in [0.2, 0.25) is 5.91 Å². The molecule has 1 N–H and O–H groups in total. The number of carbonyl (C=O) groups excluding carboxylic acids is 1. The first-order valence-corrected chi connectivity index (χ1v) is 7.80. The van der Waals surface area contributed by atoms with Gasteiger partial charge in [-0.15, -0.1) is 0 Å². The van der Waals surface area contributed by atoms with Gasteiger partial charge in [0.25, 0.3) is 0 Å². The molecule has 2 rings (SSSR count). The number of rotatable bonds is 2. The van der Waals surface area contributed by atoms with Gasteiger partial charge in [0.15, 0.2) is 0 Å². The summed E-state index contributed by atoms with van der Waals surface area (Å²) in [7, 11) is 0. The normalized spacial score (nSPS) is 12.0. The molecule has 0 saturated heterocycles. The van der Waals surface area contributed by atoms with Crippen LogP contribution in [-0.2, 0) is 4.79 Å². The van der Waals surface area contributed by atoms with Crippen molar-refractivity contribution >= 4 is 5.91 Å². The van der Waals surface area contributed by atoms with Crippen LogP contribution in [0.15, 0.2) is 54.6 Å². The molecule has 1 atom stereocenters. The molecular weight excluding hydrogens is 282 g/mol. The third kappa shape index (κ3) is 5.30. The molecule has 1 unspecified atom stereocenters. The summed E-state index contributed by atoms with van der Waals surface area (Å²) in [6.45, 7) is 7.95. The van der Waals surface area contributed by atoms with Gasteiger partial charge in [-0.05, 0) is 45.4 Å². The zero-order valence-electron chi connectivity index (χ0n) is 14.2. The van der Waals surface area contributed by atoms with Crippen LogP contribution in [0.4, 0.5) is 0 Å². The van der Waals surface area contributed by atoms with Crippen molar-refractivity contribution in [1.82, 2.24) is 5.32 Å². The molecule has 0 bridgehead atoms. The Morgan fingerprint density at radius 1 is 1.00 bits per heavy atom. The Morgan fingerprint density at radius 3 is 2.17 bits per heavy atom. The Hall–Kier alpha value is -2.53. The van der Waals surface area contributed by atoms with Gasteiger partial charge in [0.1, 0.15) is 5.92 Å². The van der Waals surface area contributed by atoms with Crippen LogP contribution < -0.4 is 5.32 Å². The number of hydrogen-bond donors (Lipinski definition) is 1. The second-order valence-electron chi connectivity index (χ2n) is 6.72. The van der Waals surface area contributed by atoms with Crippen molar-refractivity contribution in [1.29, 1.82) is 0 Å². The highest BCUT2D eigenvalue weighted by Crippen LogP contribution is 2.18. The Bertz CT molecular complexity index is 712. The van der Waals surface area contributed by atoms with Gasteiger partial charge in [-0.2, -0.15) is 0 Å². The van der Waals surface area contributed by atoms with E-state index in [0.717, 1.165) is 11.1 Å². The van der Waals surface area contributed by atoms with E-state index < -0.39 is 5.92 Å². The Morgan fingerprint density at radius 2 is 1.61 bits per heavy atom. The van der Waals surface area contributed by atoms with E-state index in [2.05, 4.69) is 17.2 Å². The van der Waals surface area contributed by atoms with Gasteiger partial charge in [-0.3, -0.25) is 4.79 Å². The Balaban J connectivity index is 2.33. The standard InChI is InChI=1S/C21H23NO/c1-16-10-13-18(14-11-16)19(20(23)22-21(2,3)4)15-12-17-8-6-5-7-9-17/h5-11,13-14,19H,1-4H3,(H,22,23). The third-order valence-corrected chi connectivity index (χ3v) is 3.31. The molecule has 0 heterocycles. The summed E-state index contributed by atoms with van der Waals surface area (Å²) < 4.78 is 0. The molecule has 0 saturated carbocycles. The Labute approximate surface area is 138 Å². The average molecular weight is 305 g/mol. The van der Waals surface area contributed by atoms with E-state index in [1.54, 1.807) is 0 Å². The van der Waals surface area contributed by atoms with Crippen LogP contribution in [0.5, 0.6) is 0 Å². The van der Waals surface area contributed by atoms with Gasteiger partial charge in [-0.25, -0.2) is 0 Å². The molecule has 2 aromatic rings. The van der Waals surface area contributed by atoms with Crippen LogP contribution in [0.2, 0.25) is 0 Å². The molecule has 2 aromatic carbocycles. The minimum absolute atomic E-state index is 0.0650. The highest BCUT2D eigenvalue weighted by atomic mass is 16.2. The van der Waals surface area contributed by atoms with Crippen LogP contribution in [0, 0.1) is 18.8 Å². The minimum Gasteiger partial charge on any atom is -0.350 e. The first kappa shape index (κ1) is 16.8. The predicted octanol–water partition coefficient (Wildman–Crippen LogP) is 4.05. The zero-order chi connectivity index (χ0) is 16.9. The number of nitrogens with one attached hydrogen (secondary N) is 1. The van der Waals surface area contributed by atoms with E-state index in [0.29, 0.717) is 0 Å². The van der Waals surface area contributed by atoms with Crippen molar-refractivity contribution in [2.75, 3.05) is 0 Å². The van der Waals surface area contributed by atoms with Gasteiger partial charge in [0.05, 0.1) is 0 Å². The molecule has 0 aliphatic carbocycles. The maximum absolute atomic E-state index is 12.7. The molecule has 0 radical (unpaired) electrons. The van der Waals surface area contributed by atoms with Crippen LogP contribution in [0.1, 0.15) is 43.4 Å². The fourth-order valence-corrected chi connectivity index (χ4v) is 2.18. The van der Waals surface area contributed by atoms with Crippen molar-refractivity contribution in [3.63, 3.8) is 0 Å². The number of amides is 1. The van der Waals surface area contributed by atoms with Crippen LogP contribution in [0.25, 0.3) is 0 Å². The highest BCUT2D eigenvalue weighted by Gasteiger charge is 2.22. The van der Waals surface area contributed by atoms with E-state index in [1.165, 1.54) is 5.56 Å². The number of benzene rings is 2. The highest BCUT2D eigenvalue weighted by molar-refractivity contribution is 5.87. The molecular formula is C21H23NO. The maximum atomic E-state index is 12.7. The fourth-order valence-electron chi connectivity index (χ4n) is 2.18. The molecule has 0 fully saturated rings. The SMILES string of the molecule is Cc1ccc(C(C#Cc2ccccc2)C(=O)NC(C)(C)C)cc1. The second-order valence-corrected chi connectivity index (χ2v) is 6.72. The largest absolute Gasteiger partial charge is 0.350 e. The zero-order valence-corrected chi connectivity index (χ0v) is 14.2. The summed E-state index contributed by atoms with van der Waals surface area (Å²) in [5.74, 6) is 5.70. The van der Waals surface area contributed by atoms with E-state index in [-0.39, 0.29) is 11.4 Å². The van der Waals surface area contributed by atoms with E-state index in [4.69, 9.17) is 0 Å². The lowest BCUT2D eigenvalue weighted by Gasteiger charge is -2.23. The molecule has 0 spiro atoms. The van der Waals surface area contributed by atoms with E-state index >= 15 is 0 Å². The lowest BCUT2D eigenvalue weighted by atomic mass is 9.96. The average Bonchev–Trinajstić information content (AvgIpc) is 2.48. The quantitative estimate of drug-likeness (QED) is 0.833. The van der Waals surface area contributed by atoms with Crippen molar-refractivity contribution in [2.24, 2.45) is 0 Å². The fraction of sp³-hybridized carbons (Fsp3) is 0.286. The smallest absolute Gasteiger partial charge is 0.240 e. The molecule has 2 nitrogen and oxygen atoms in total. The monoisotopic (exact) mass is 305 g/mol. The molecule has 0 aromatic heterocycles. The molecule has 2 heteroatoms. The summed E-state index contributed by atoms with van der Waals surface area (Å²) in [6.07, 6.45) is 0. The first-order chi connectivity index (χ1) is 10.8. The van der Waals surface area contributed by atoms with Crippen molar-refractivity contribution in [2.45, 2.75) is 39.2 Å². The molecule has 118 valence electrons. The lowest BCUT2D eigenvalue weighted by Crippen LogP contribution is -2.43. The first-order valence-electron chi connectivity index (χ1n) is 7.80. The summed E-state index contributed by atoms with van der Waals surface area (Å²) >= 11 is 0. The van der Waals surface area contributed by atoms with Crippen LogP contribution in [-0.4, -0.2) is 11.4 Å². The van der Waals surface area contributed by atoms with Crippen molar-refractivity contribution in [3.05, 3.63) is 71.3 Å². The van der Waals surface area contributed by atoms with Crippen molar-refractivity contribution in [3.8, 4) is 11.8 Å². The van der Waals surface area contributed by atoms with Crippen LogP contribution >= 0.6 is 0 Å². The van der Waals surface area contributed by atoms with Gasteiger partial charge in [0, 0.05) is 11.1 Å². The maximum Gasteiger partial charge on any atom is 0.240 e. The summed E-state index contributed by atoms with van der Waals surface area (Å²) in [6, 6.07) is 17.7. The number of aryl methyl sites for hydroxylation is 1.